The summed E-state index contributed by atoms with van der Waals surface area (Å²) in [5.74, 6) is 0.794. The Morgan fingerprint density at radius 2 is 2.24 bits per heavy atom. The van der Waals surface area contributed by atoms with Crippen molar-refractivity contribution in [2.75, 3.05) is 17.6 Å². The molecule has 3 N–H and O–H groups in total. The summed E-state index contributed by atoms with van der Waals surface area (Å²) >= 11 is 0. The van der Waals surface area contributed by atoms with E-state index >= 15 is 0 Å². The number of hydrogen-bond acceptors (Lipinski definition) is 4. The molecule has 0 radical (unpaired) electrons. The molecule has 0 bridgehead atoms. The summed E-state index contributed by atoms with van der Waals surface area (Å²) in [5, 5.41) is 14.0. The Morgan fingerprint density at radius 1 is 1.47 bits per heavy atom. The van der Waals surface area contributed by atoms with E-state index in [1.807, 2.05) is 0 Å². The van der Waals surface area contributed by atoms with Crippen LogP contribution in [0, 0.1) is 16.0 Å². The van der Waals surface area contributed by atoms with Crippen LogP contribution in [0.2, 0.25) is 0 Å². The van der Waals surface area contributed by atoms with E-state index in [4.69, 9.17) is 5.73 Å². The Balaban J connectivity index is 1.98. The van der Waals surface area contributed by atoms with Crippen LogP contribution in [0.25, 0.3) is 0 Å². The van der Waals surface area contributed by atoms with Gasteiger partial charge in [0.2, 0.25) is 0 Å². The van der Waals surface area contributed by atoms with Gasteiger partial charge in [-0.1, -0.05) is 25.3 Å². The number of hydrogen-bond donors (Lipinski definition) is 2. The first-order valence-electron chi connectivity index (χ1n) is 5.95. The molecular formula is C12H17N3O2. The monoisotopic (exact) mass is 235 g/mol. The highest BCUT2D eigenvalue weighted by atomic mass is 16.6. The smallest absolute Gasteiger partial charge is 0.314 e. The first kappa shape index (κ1) is 11.7. The number of nitrogens with one attached hydrogen (secondary N) is 1. The summed E-state index contributed by atoms with van der Waals surface area (Å²) < 4.78 is 0. The highest BCUT2D eigenvalue weighted by Gasteiger charge is 2.19. The number of nitro groups is 1. The fraction of sp³-hybridized carbons (Fsp3) is 0.500. The molecule has 5 nitrogen and oxygen atoms in total. The average molecular weight is 235 g/mol. The molecule has 1 aromatic rings. The van der Waals surface area contributed by atoms with Crippen LogP contribution in [0.4, 0.5) is 17.1 Å². The van der Waals surface area contributed by atoms with Crippen LogP contribution in [-0.4, -0.2) is 11.5 Å². The lowest BCUT2D eigenvalue weighted by atomic mass is 9.83. The molecule has 0 amide bonds. The fourth-order valence-electron chi connectivity index (χ4n) is 2.10. The highest BCUT2D eigenvalue weighted by molar-refractivity contribution is 5.74. The summed E-state index contributed by atoms with van der Waals surface area (Å²) in [6, 6.07) is 4.98. The molecule has 0 spiro atoms. The van der Waals surface area contributed by atoms with E-state index in [0.29, 0.717) is 5.69 Å². The van der Waals surface area contributed by atoms with Crippen LogP contribution in [0.5, 0.6) is 0 Å². The SMILES string of the molecule is Nc1cccc(NCCC2CCC2)c1[N+](=O)[O-]. The zero-order valence-electron chi connectivity index (χ0n) is 9.69. The predicted octanol–water partition coefficient (Wildman–Crippen LogP) is 2.78. The average Bonchev–Trinajstić information content (AvgIpc) is 2.21. The van der Waals surface area contributed by atoms with Gasteiger partial charge in [0.25, 0.3) is 0 Å². The molecule has 5 heteroatoms. The van der Waals surface area contributed by atoms with Crippen molar-refractivity contribution < 1.29 is 4.92 Å². The Labute approximate surface area is 100 Å². The maximum absolute atomic E-state index is 10.9. The minimum atomic E-state index is -0.430. The van der Waals surface area contributed by atoms with Gasteiger partial charge < -0.3 is 11.1 Å². The van der Waals surface area contributed by atoms with Gasteiger partial charge in [-0.3, -0.25) is 10.1 Å². The van der Waals surface area contributed by atoms with Crippen molar-refractivity contribution in [3.05, 3.63) is 28.3 Å². The molecular weight excluding hydrogens is 218 g/mol. The number of nitro benzene ring substituents is 1. The van der Waals surface area contributed by atoms with E-state index in [1.54, 1.807) is 18.2 Å². The standard InChI is InChI=1S/C12H17N3O2/c13-10-5-2-6-11(12(10)15(16)17)14-8-7-9-3-1-4-9/h2,5-6,9,14H,1,3-4,7-8,13H2. The lowest BCUT2D eigenvalue weighted by molar-refractivity contribution is -0.383. The van der Waals surface area contributed by atoms with Crippen molar-refractivity contribution in [2.45, 2.75) is 25.7 Å². The second kappa shape index (κ2) is 5.03. The van der Waals surface area contributed by atoms with Crippen LogP contribution in [-0.2, 0) is 0 Å². The Hall–Kier alpha value is -1.78. The molecule has 92 valence electrons. The second-order valence-corrected chi connectivity index (χ2v) is 4.51. The molecule has 1 saturated carbocycles. The molecule has 0 aliphatic heterocycles. The van der Waals surface area contributed by atoms with Crippen molar-refractivity contribution in [2.24, 2.45) is 5.92 Å². The molecule has 0 aromatic heterocycles. The summed E-state index contributed by atoms with van der Waals surface area (Å²) in [6.45, 7) is 0.773. The molecule has 0 heterocycles. The maximum Gasteiger partial charge on any atom is 0.314 e. The molecule has 17 heavy (non-hydrogen) atoms. The molecule has 1 aromatic carbocycles. The molecule has 0 saturated heterocycles. The largest absolute Gasteiger partial charge is 0.393 e. The minimum Gasteiger partial charge on any atom is -0.393 e. The zero-order chi connectivity index (χ0) is 12.3. The topological polar surface area (TPSA) is 81.2 Å². The van der Waals surface area contributed by atoms with Crippen molar-refractivity contribution in [3.63, 3.8) is 0 Å². The van der Waals surface area contributed by atoms with Crippen LogP contribution in [0.15, 0.2) is 18.2 Å². The summed E-state index contributed by atoms with van der Waals surface area (Å²) in [5.41, 5.74) is 6.33. The zero-order valence-corrected chi connectivity index (χ0v) is 9.69. The van der Waals surface area contributed by atoms with Crippen molar-refractivity contribution in [1.82, 2.24) is 0 Å². The van der Waals surface area contributed by atoms with Gasteiger partial charge in [0.05, 0.1) is 4.92 Å². The van der Waals surface area contributed by atoms with Gasteiger partial charge in [0, 0.05) is 6.54 Å². The number of benzene rings is 1. The van der Waals surface area contributed by atoms with Gasteiger partial charge in [0.1, 0.15) is 11.4 Å². The molecule has 1 fully saturated rings. The van der Waals surface area contributed by atoms with E-state index in [0.717, 1.165) is 18.9 Å². The van der Waals surface area contributed by atoms with Crippen molar-refractivity contribution in [3.8, 4) is 0 Å². The third-order valence-corrected chi connectivity index (χ3v) is 3.34. The minimum absolute atomic E-state index is 0.0129. The summed E-state index contributed by atoms with van der Waals surface area (Å²) in [4.78, 5) is 10.5. The third-order valence-electron chi connectivity index (χ3n) is 3.34. The van der Waals surface area contributed by atoms with E-state index in [9.17, 15) is 10.1 Å². The van der Waals surface area contributed by atoms with E-state index in [-0.39, 0.29) is 11.4 Å². The van der Waals surface area contributed by atoms with E-state index < -0.39 is 4.92 Å². The summed E-state index contributed by atoms with van der Waals surface area (Å²) in [6.07, 6.45) is 4.98. The quantitative estimate of drug-likeness (QED) is 0.467. The van der Waals surface area contributed by atoms with Gasteiger partial charge in [-0.25, -0.2) is 0 Å². The van der Waals surface area contributed by atoms with E-state index in [2.05, 4.69) is 5.32 Å². The number of nitrogens with zero attached hydrogens (tertiary/aromatic N) is 1. The number of nitrogens with two attached hydrogens (primary N) is 1. The third kappa shape index (κ3) is 2.67. The lowest BCUT2D eigenvalue weighted by Gasteiger charge is -2.25. The summed E-state index contributed by atoms with van der Waals surface area (Å²) in [7, 11) is 0. The highest BCUT2D eigenvalue weighted by Crippen LogP contribution is 2.32. The molecule has 2 rings (SSSR count). The maximum atomic E-state index is 10.9. The van der Waals surface area contributed by atoms with Crippen molar-refractivity contribution >= 4 is 17.1 Å². The Bertz CT molecular complexity index is 416. The van der Waals surface area contributed by atoms with Crippen LogP contribution in [0.1, 0.15) is 25.7 Å². The van der Waals surface area contributed by atoms with Crippen molar-refractivity contribution in [1.29, 1.82) is 0 Å². The number of nitrogen functional groups attached to an aromatic ring is 1. The number of para-hydroxylation sites is 1. The normalized spacial score (nSPS) is 15.3. The first-order chi connectivity index (χ1) is 8.18. The predicted molar refractivity (Wildman–Crippen MR) is 68.0 cm³/mol. The number of anilines is 2. The fourth-order valence-corrected chi connectivity index (χ4v) is 2.10. The van der Waals surface area contributed by atoms with Gasteiger partial charge in [-0.2, -0.15) is 0 Å². The molecule has 1 aliphatic rings. The number of rotatable bonds is 5. The Morgan fingerprint density at radius 3 is 2.82 bits per heavy atom. The molecule has 0 atom stereocenters. The molecule has 1 aliphatic carbocycles. The first-order valence-corrected chi connectivity index (χ1v) is 5.95. The molecule has 0 unspecified atom stereocenters. The van der Waals surface area contributed by atoms with Crippen LogP contribution >= 0.6 is 0 Å². The van der Waals surface area contributed by atoms with E-state index in [1.165, 1.54) is 19.3 Å². The van der Waals surface area contributed by atoms with Gasteiger partial charge in [-0.05, 0) is 24.5 Å². The van der Waals surface area contributed by atoms with Crippen LogP contribution in [0.3, 0.4) is 0 Å². The van der Waals surface area contributed by atoms with Gasteiger partial charge in [0.15, 0.2) is 0 Å². The van der Waals surface area contributed by atoms with Gasteiger partial charge in [-0.15, -0.1) is 0 Å². The second-order valence-electron chi connectivity index (χ2n) is 4.51. The van der Waals surface area contributed by atoms with Crippen LogP contribution < -0.4 is 11.1 Å². The Kier molecular flexibility index (Phi) is 3.46. The van der Waals surface area contributed by atoms with Gasteiger partial charge >= 0.3 is 5.69 Å². The lowest BCUT2D eigenvalue weighted by Crippen LogP contribution is -2.16.